The summed E-state index contributed by atoms with van der Waals surface area (Å²) >= 11 is 0. The number of para-hydroxylation sites is 1. The number of aromatic amines is 1. The zero-order chi connectivity index (χ0) is 18.0. The van der Waals surface area contributed by atoms with Crippen LogP contribution in [-0.4, -0.2) is 24.0 Å². The molecule has 0 saturated carbocycles. The molecule has 128 valence electrons. The predicted molar refractivity (Wildman–Crippen MR) is 97.9 cm³/mol. The summed E-state index contributed by atoms with van der Waals surface area (Å²) in [6, 6.07) is 13.1. The van der Waals surface area contributed by atoms with Gasteiger partial charge in [0.1, 0.15) is 0 Å². The van der Waals surface area contributed by atoms with Crippen LogP contribution < -0.4 is 5.32 Å². The second-order valence-electron chi connectivity index (χ2n) is 5.97. The van der Waals surface area contributed by atoms with Gasteiger partial charge in [0.05, 0.1) is 19.1 Å². The van der Waals surface area contributed by atoms with E-state index in [1.807, 2.05) is 31.2 Å². The lowest BCUT2D eigenvalue weighted by Crippen LogP contribution is -2.16. The summed E-state index contributed by atoms with van der Waals surface area (Å²) in [7, 11) is 1.34. The van der Waals surface area contributed by atoms with Gasteiger partial charge in [-0.1, -0.05) is 24.3 Å². The van der Waals surface area contributed by atoms with E-state index in [4.69, 9.17) is 4.74 Å². The molecule has 5 nitrogen and oxygen atoms in total. The topological polar surface area (TPSA) is 71.2 Å². The maximum absolute atomic E-state index is 12.5. The predicted octanol–water partition coefficient (Wildman–Crippen LogP) is 3.75. The Bertz CT molecular complexity index is 957. The Morgan fingerprint density at radius 2 is 1.84 bits per heavy atom. The van der Waals surface area contributed by atoms with Crippen LogP contribution in [0.25, 0.3) is 10.9 Å². The number of H-pyrrole nitrogens is 1. The van der Waals surface area contributed by atoms with E-state index in [0.717, 1.165) is 22.2 Å². The Kier molecular flexibility index (Phi) is 4.57. The Morgan fingerprint density at radius 3 is 2.60 bits per heavy atom. The van der Waals surface area contributed by atoms with Gasteiger partial charge < -0.3 is 15.0 Å². The number of carbonyl (C=O) groups excluding carboxylic acids is 2. The first kappa shape index (κ1) is 16.8. The zero-order valence-corrected chi connectivity index (χ0v) is 14.5. The molecule has 1 heterocycles. The summed E-state index contributed by atoms with van der Waals surface area (Å²) in [4.78, 5) is 27.6. The van der Waals surface area contributed by atoms with Crippen LogP contribution in [0, 0.1) is 13.8 Å². The van der Waals surface area contributed by atoms with E-state index in [-0.39, 0.29) is 12.3 Å². The maximum Gasteiger partial charge on any atom is 0.338 e. The van der Waals surface area contributed by atoms with Crippen molar-refractivity contribution >= 4 is 28.5 Å². The van der Waals surface area contributed by atoms with Crippen molar-refractivity contribution < 1.29 is 14.3 Å². The van der Waals surface area contributed by atoms with Crippen molar-refractivity contribution in [2.75, 3.05) is 12.4 Å². The molecule has 0 fully saturated rings. The Balaban J connectivity index is 1.83. The van der Waals surface area contributed by atoms with Crippen molar-refractivity contribution in [2.24, 2.45) is 0 Å². The molecule has 0 aliphatic rings. The molecule has 2 N–H and O–H groups in total. The molecule has 5 heteroatoms. The van der Waals surface area contributed by atoms with Crippen LogP contribution in [0.15, 0.2) is 42.5 Å². The Hall–Kier alpha value is -3.08. The molecule has 3 aromatic rings. The van der Waals surface area contributed by atoms with Crippen molar-refractivity contribution in [1.82, 2.24) is 4.98 Å². The number of rotatable bonds is 4. The van der Waals surface area contributed by atoms with E-state index >= 15 is 0 Å². The van der Waals surface area contributed by atoms with Crippen molar-refractivity contribution in [1.29, 1.82) is 0 Å². The lowest BCUT2D eigenvalue weighted by atomic mass is 10.1. The van der Waals surface area contributed by atoms with Crippen LogP contribution in [-0.2, 0) is 16.0 Å². The van der Waals surface area contributed by atoms with Gasteiger partial charge >= 0.3 is 5.97 Å². The SMILES string of the molecule is COC(=O)c1cccc(NC(=O)Cc2c(C)[nH]c3ccccc23)c1C. The molecule has 1 aromatic heterocycles. The first-order valence-corrected chi connectivity index (χ1v) is 8.05. The number of methoxy groups -OCH3 is 1. The van der Waals surface area contributed by atoms with E-state index in [1.165, 1.54) is 7.11 Å². The van der Waals surface area contributed by atoms with E-state index < -0.39 is 5.97 Å². The van der Waals surface area contributed by atoms with E-state index in [9.17, 15) is 9.59 Å². The monoisotopic (exact) mass is 336 g/mol. The highest BCUT2D eigenvalue weighted by atomic mass is 16.5. The Labute approximate surface area is 146 Å². The number of carbonyl (C=O) groups is 2. The number of aryl methyl sites for hydroxylation is 1. The van der Waals surface area contributed by atoms with E-state index in [0.29, 0.717) is 16.8 Å². The number of hydrogen-bond donors (Lipinski definition) is 2. The molecule has 0 aliphatic carbocycles. The molecule has 0 bridgehead atoms. The molecule has 0 spiro atoms. The summed E-state index contributed by atoms with van der Waals surface area (Å²) in [6.45, 7) is 3.75. The van der Waals surface area contributed by atoms with Gasteiger partial charge in [0.2, 0.25) is 5.91 Å². The van der Waals surface area contributed by atoms with Crippen LogP contribution in [0.3, 0.4) is 0 Å². The molecule has 25 heavy (non-hydrogen) atoms. The quantitative estimate of drug-likeness (QED) is 0.713. The van der Waals surface area contributed by atoms with Gasteiger partial charge in [-0.3, -0.25) is 4.79 Å². The molecule has 2 aromatic carbocycles. The van der Waals surface area contributed by atoms with Crippen LogP contribution in [0.2, 0.25) is 0 Å². The van der Waals surface area contributed by atoms with Crippen LogP contribution >= 0.6 is 0 Å². The number of amides is 1. The number of benzene rings is 2. The molecule has 0 unspecified atom stereocenters. The minimum Gasteiger partial charge on any atom is -0.465 e. The fraction of sp³-hybridized carbons (Fsp3) is 0.200. The molecular formula is C20H20N2O3. The molecule has 0 radical (unpaired) electrons. The van der Waals surface area contributed by atoms with E-state index in [1.54, 1.807) is 25.1 Å². The summed E-state index contributed by atoms with van der Waals surface area (Å²) in [5, 5.41) is 3.95. The molecule has 0 saturated heterocycles. The normalized spacial score (nSPS) is 10.7. The highest BCUT2D eigenvalue weighted by molar-refractivity contribution is 5.99. The number of esters is 1. The molecular weight excluding hydrogens is 316 g/mol. The van der Waals surface area contributed by atoms with Crippen LogP contribution in [0.1, 0.15) is 27.2 Å². The minimum absolute atomic E-state index is 0.127. The third-order valence-corrected chi connectivity index (χ3v) is 4.38. The number of anilines is 1. The third kappa shape index (κ3) is 3.26. The average Bonchev–Trinajstić information content (AvgIpc) is 2.92. The summed E-state index contributed by atoms with van der Waals surface area (Å²) in [5.74, 6) is -0.543. The van der Waals surface area contributed by atoms with Gasteiger partial charge in [-0.05, 0) is 43.2 Å². The Morgan fingerprint density at radius 1 is 1.08 bits per heavy atom. The minimum atomic E-state index is -0.416. The number of aromatic nitrogens is 1. The summed E-state index contributed by atoms with van der Waals surface area (Å²) in [6.07, 6.45) is 0.262. The van der Waals surface area contributed by atoms with Crippen LogP contribution in [0.4, 0.5) is 5.69 Å². The highest BCUT2D eigenvalue weighted by Gasteiger charge is 2.15. The van der Waals surface area contributed by atoms with Gasteiger partial charge in [0, 0.05) is 22.3 Å². The largest absolute Gasteiger partial charge is 0.465 e. The smallest absolute Gasteiger partial charge is 0.338 e. The first-order chi connectivity index (χ1) is 12.0. The van der Waals surface area contributed by atoms with Gasteiger partial charge in [-0.15, -0.1) is 0 Å². The number of hydrogen-bond acceptors (Lipinski definition) is 3. The second-order valence-corrected chi connectivity index (χ2v) is 5.97. The van der Waals surface area contributed by atoms with Crippen molar-refractivity contribution in [3.05, 3.63) is 64.8 Å². The zero-order valence-electron chi connectivity index (χ0n) is 14.5. The summed E-state index contributed by atoms with van der Waals surface area (Å²) in [5.41, 5.74) is 4.74. The van der Waals surface area contributed by atoms with E-state index in [2.05, 4.69) is 10.3 Å². The molecule has 0 aliphatic heterocycles. The molecule has 1 amide bonds. The highest BCUT2D eigenvalue weighted by Crippen LogP contribution is 2.24. The fourth-order valence-electron chi connectivity index (χ4n) is 3.02. The fourth-order valence-corrected chi connectivity index (χ4v) is 3.02. The lowest BCUT2D eigenvalue weighted by molar-refractivity contribution is -0.115. The summed E-state index contributed by atoms with van der Waals surface area (Å²) < 4.78 is 4.77. The van der Waals surface area contributed by atoms with Crippen LogP contribution in [0.5, 0.6) is 0 Å². The first-order valence-electron chi connectivity index (χ1n) is 8.05. The molecule has 0 atom stereocenters. The van der Waals surface area contributed by atoms with Crippen molar-refractivity contribution in [3.8, 4) is 0 Å². The lowest BCUT2D eigenvalue weighted by Gasteiger charge is -2.11. The maximum atomic E-state index is 12.5. The second kappa shape index (κ2) is 6.81. The number of ether oxygens (including phenoxy) is 1. The standard InChI is InChI=1S/C20H20N2O3/c1-12-14(20(24)25-3)8-6-10-17(12)22-19(23)11-16-13(2)21-18-9-5-4-7-15(16)18/h4-10,21H,11H2,1-3H3,(H,22,23). The van der Waals surface area contributed by atoms with Crippen molar-refractivity contribution in [2.45, 2.75) is 20.3 Å². The molecule has 3 rings (SSSR count). The average molecular weight is 336 g/mol. The van der Waals surface area contributed by atoms with Gasteiger partial charge in [-0.25, -0.2) is 4.79 Å². The number of nitrogens with one attached hydrogen (secondary N) is 2. The number of fused-ring (bicyclic) bond motifs is 1. The van der Waals surface area contributed by atoms with Gasteiger partial charge in [-0.2, -0.15) is 0 Å². The van der Waals surface area contributed by atoms with Crippen molar-refractivity contribution in [3.63, 3.8) is 0 Å². The third-order valence-electron chi connectivity index (χ3n) is 4.38. The van der Waals surface area contributed by atoms with Gasteiger partial charge in [0.25, 0.3) is 0 Å². The van der Waals surface area contributed by atoms with Gasteiger partial charge in [0.15, 0.2) is 0 Å².